The number of carbonyl (C=O) groups excluding carboxylic acids is 2. The van der Waals surface area contributed by atoms with Crippen molar-refractivity contribution in [3.8, 4) is 0 Å². The van der Waals surface area contributed by atoms with Crippen LogP contribution < -0.4 is 5.32 Å². The molecule has 2 rings (SSSR count). The molecule has 130 valence electrons. The Morgan fingerprint density at radius 2 is 2.33 bits per heavy atom. The van der Waals surface area contributed by atoms with E-state index in [0.717, 1.165) is 23.5 Å². The zero-order valence-electron chi connectivity index (χ0n) is 13.6. The van der Waals surface area contributed by atoms with Crippen molar-refractivity contribution in [1.82, 2.24) is 20.1 Å². The van der Waals surface area contributed by atoms with Crippen molar-refractivity contribution in [2.24, 2.45) is 0 Å². The number of rotatable bonds is 8. The number of hydrogen-bond donors (Lipinski definition) is 2. The zero-order valence-corrected chi connectivity index (χ0v) is 15.2. The fraction of sp³-hybridized carbons (Fsp3) is 0.467. The molecule has 0 aliphatic carbocycles. The van der Waals surface area contributed by atoms with E-state index in [4.69, 9.17) is 17.0 Å². The quantitative estimate of drug-likeness (QED) is 0.552. The Balaban J connectivity index is 2.09. The smallest absolute Gasteiger partial charge is 0.307 e. The number of thiophene rings is 1. The number of nitrogens with zero attached hydrogens (tertiary/aromatic N) is 2. The first kappa shape index (κ1) is 18.3. The summed E-state index contributed by atoms with van der Waals surface area (Å²) < 4.78 is 6.80. The van der Waals surface area contributed by atoms with Crippen LogP contribution >= 0.6 is 23.6 Å². The molecule has 2 aromatic heterocycles. The van der Waals surface area contributed by atoms with Crippen molar-refractivity contribution in [3.05, 3.63) is 33.0 Å². The highest BCUT2D eigenvalue weighted by Gasteiger charge is 2.20. The molecule has 2 N–H and O–H groups in total. The van der Waals surface area contributed by atoms with Crippen LogP contribution in [0.25, 0.3) is 0 Å². The van der Waals surface area contributed by atoms with Crippen LogP contribution in [0.15, 0.2) is 17.5 Å². The maximum atomic E-state index is 12.4. The molecule has 1 unspecified atom stereocenters. The number of aryl methyl sites for hydroxylation is 1. The van der Waals surface area contributed by atoms with Crippen LogP contribution in [0.4, 0.5) is 0 Å². The topological polar surface area (TPSA) is 89.0 Å². The molecule has 2 heterocycles. The Kier molecular flexibility index (Phi) is 6.68. The molecule has 9 heteroatoms. The van der Waals surface area contributed by atoms with Gasteiger partial charge in [0.2, 0.25) is 5.91 Å². The van der Waals surface area contributed by atoms with Gasteiger partial charge in [-0.3, -0.25) is 19.3 Å². The highest BCUT2D eigenvalue weighted by Crippen LogP contribution is 2.22. The molecule has 0 saturated carbocycles. The SMILES string of the molecule is CCCc1n[nH]c(=S)n1CC(=O)NC(CC(=O)OC)c1cccs1. The predicted molar refractivity (Wildman–Crippen MR) is 93.2 cm³/mol. The number of esters is 1. The second-order valence-electron chi connectivity index (χ2n) is 5.20. The van der Waals surface area contributed by atoms with Crippen LogP contribution in [0.3, 0.4) is 0 Å². The molecule has 0 saturated heterocycles. The lowest BCUT2D eigenvalue weighted by Crippen LogP contribution is -2.33. The Morgan fingerprint density at radius 3 is 2.96 bits per heavy atom. The Labute approximate surface area is 149 Å². The van der Waals surface area contributed by atoms with Crippen LogP contribution in [-0.2, 0) is 27.3 Å². The van der Waals surface area contributed by atoms with Gasteiger partial charge in [0.05, 0.1) is 19.6 Å². The number of ether oxygens (including phenoxy) is 1. The number of H-pyrrole nitrogens is 1. The van der Waals surface area contributed by atoms with Gasteiger partial charge in [0.25, 0.3) is 0 Å². The fourth-order valence-electron chi connectivity index (χ4n) is 2.27. The molecule has 1 atom stereocenters. The maximum Gasteiger partial charge on any atom is 0.307 e. The average Bonchev–Trinajstić information content (AvgIpc) is 3.20. The third-order valence-corrected chi connectivity index (χ3v) is 4.73. The molecule has 1 amide bonds. The molecule has 0 spiro atoms. The predicted octanol–water partition coefficient (Wildman–Crippen LogP) is 2.38. The van der Waals surface area contributed by atoms with Gasteiger partial charge in [-0.15, -0.1) is 11.3 Å². The molecule has 0 radical (unpaired) electrons. The number of nitrogens with one attached hydrogen (secondary N) is 2. The van der Waals surface area contributed by atoms with Gasteiger partial charge < -0.3 is 10.1 Å². The fourth-order valence-corrected chi connectivity index (χ4v) is 3.27. The minimum Gasteiger partial charge on any atom is -0.469 e. The van der Waals surface area contributed by atoms with E-state index in [2.05, 4.69) is 15.5 Å². The minimum atomic E-state index is -0.416. The van der Waals surface area contributed by atoms with Crippen LogP contribution in [0.5, 0.6) is 0 Å². The van der Waals surface area contributed by atoms with Crippen molar-refractivity contribution in [1.29, 1.82) is 0 Å². The first-order valence-corrected chi connectivity index (χ1v) is 8.87. The van der Waals surface area contributed by atoms with E-state index in [9.17, 15) is 9.59 Å². The van der Waals surface area contributed by atoms with Crippen molar-refractivity contribution < 1.29 is 14.3 Å². The normalized spacial score (nSPS) is 11.9. The number of carbonyl (C=O) groups is 2. The van der Waals surface area contributed by atoms with Crippen molar-refractivity contribution in [3.63, 3.8) is 0 Å². The van der Waals surface area contributed by atoms with Gasteiger partial charge in [-0.1, -0.05) is 13.0 Å². The Hall–Kier alpha value is -2.00. The maximum absolute atomic E-state index is 12.4. The van der Waals surface area contributed by atoms with Gasteiger partial charge in [-0.25, -0.2) is 0 Å². The van der Waals surface area contributed by atoms with Gasteiger partial charge in [0.15, 0.2) is 4.77 Å². The Morgan fingerprint density at radius 1 is 1.54 bits per heavy atom. The van der Waals surface area contributed by atoms with E-state index >= 15 is 0 Å². The van der Waals surface area contributed by atoms with E-state index in [0.29, 0.717) is 4.77 Å². The van der Waals surface area contributed by atoms with Gasteiger partial charge in [-0.05, 0) is 30.1 Å². The standard InChI is InChI=1S/C15H20N4O3S2/c1-3-5-12-17-18-15(23)19(12)9-13(20)16-10(8-14(21)22-2)11-6-4-7-24-11/h4,6-7,10H,3,5,8-9H2,1-2H3,(H,16,20)(H,18,23). The Bertz CT molecular complexity index is 736. The summed E-state index contributed by atoms with van der Waals surface area (Å²) in [6, 6.07) is 3.34. The first-order valence-electron chi connectivity index (χ1n) is 7.58. The molecular formula is C15H20N4O3S2. The molecule has 0 aliphatic heterocycles. The first-order chi connectivity index (χ1) is 11.5. The van der Waals surface area contributed by atoms with Crippen molar-refractivity contribution >= 4 is 35.4 Å². The molecule has 2 aromatic rings. The summed E-state index contributed by atoms with van der Waals surface area (Å²) >= 11 is 6.66. The van der Waals surface area contributed by atoms with Crippen molar-refractivity contribution in [2.75, 3.05) is 7.11 Å². The lowest BCUT2D eigenvalue weighted by atomic mass is 10.1. The summed E-state index contributed by atoms with van der Waals surface area (Å²) in [6.07, 6.45) is 1.72. The molecule has 0 aliphatic rings. The summed E-state index contributed by atoms with van der Waals surface area (Å²) in [5, 5.41) is 11.6. The summed E-state index contributed by atoms with van der Waals surface area (Å²) in [7, 11) is 1.33. The summed E-state index contributed by atoms with van der Waals surface area (Å²) in [4.78, 5) is 24.9. The van der Waals surface area contributed by atoms with Crippen LogP contribution in [-0.4, -0.2) is 33.8 Å². The van der Waals surface area contributed by atoms with E-state index < -0.39 is 6.04 Å². The molecule has 0 fully saturated rings. The van der Waals surface area contributed by atoms with Gasteiger partial charge >= 0.3 is 5.97 Å². The van der Waals surface area contributed by atoms with Crippen molar-refractivity contribution in [2.45, 2.75) is 38.8 Å². The van der Waals surface area contributed by atoms with Crippen LogP contribution in [0.2, 0.25) is 0 Å². The van der Waals surface area contributed by atoms with Gasteiger partial charge in [-0.2, -0.15) is 5.10 Å². The number of amides is 1. The second-order valence-corrected chi connectivity index (χ2v) is 6.56. The van der Waals surface area contributed by atoms with Crippen LogP contribution in [0.1, 0.15) is 36.5 Å². The van der Waals surface area contributed by atoms with E-state index in [-0.39, 0.29) is 24.8 Å². The third-order valence-electron chi connectivity index (χ3n) is 3.43. The summed E-state index contributed by atoms with van der Waals surface area (Å²) in [5.74, 6) is 0.144. The molecule has 7 nitrogen and oxygen atoms in total. The molecule has 0 bridgehead atoms. The highest BCUT2D eigenvalue weighted by molar-refractivity contribution is 7.71. The monoisotopic (exact) mass is 368 g/mol. The van der Waals surface area contributed by atoms with E-state index in [1.54, 1.807) is 4.57 Å². The van der Waals surface area contributed by atoms with E-state index in [1.807, 2.05) is 24.4 Å². The lowest BCUT2D eigenvalue weighted by Gasteiger charge is -2.17. The zero-order chi connectivity index (χ0) is 17.5. The average molecular weight is 368 g/mol. The van der Waals surface area contributed by atoms with Gasteiger partial charge in [0.1, 0.15) is 12.4 Å². The number of hydrogen-bond acceptors (Lipinski definition) is 6. The lowest BCUT2D eigenvalue weighted by molar-refractivity contribution is -0.141. The second kappa shape index (κ2) is 8.74. The largest absolute Gasteiger partial charge is 0.469 e. The molecule has 0 aromatic carbocycles. The van der Waals surface area contributed by atoms with Gasteiger partial charge in [0, 0.05) is 11.3 Å². The van der Waals surface area contributed by atoms with E-state index in [1.165, 1.54) is 18.4 Å². The number of methoxy groups -OCH3 is 1. The molecule has 24 heavy (non-hydrogen) atoms. The van der Waals surface area contributed by atoms with Crippen LogP contribution in [0, 0.1) is 4.77 Å². The third kappa shape index (κ3) is 4.75. The minimum absolute atomic E-state index is 0.0632. The highest BCUT2D eigenvalue weighted by atomic mass is 32.1. The summed E-state index contributed by atoms with van der Waals surface area (Å²) in [5.41, 5.74) is 0. The number of aromatic amines is 1. The summed E-state index contributed by atoms with van der Waals surface area (Å²) in [6.45, 7) is 2.10. The molecular weight excluding hydrogens is 348 g/mol. The number of aromatic nitrogens is 3.